The number of nitrogens with zero attached hydrogens (tertiary/aromatic N) is 4. The maximum Gasteiger partial charge on any atom is 0.228 e. The van der Waals surface area contributed by atoms with E-state index in [4.69, 9.17) is 17.3 Å². The van der Waals surface area contributed by atoms with E-state index in [1.165, 1.54) is 6.33 Å². The molecular weight excluding hydrogens is 390 g/mol. The Kier molecular flexibility index (Phi) is 5.35. The number of carbonyl (C=O) groups excluding carboxylic acids is 1. The van der Waals surface area contributed by atoms with E-state index in [0.29, 0.717) is 39.2 Å². The number of pyridine rings is 1. The lowest BCUT2D eigenvalue weighted by atomic mass is 10.1. The zero-order chi connectivity index (χ0) is 20.2. The summed E-state index contributed by atoms with van der Waals surface area (Å²) in [5, 5.41) is 10.0. The molecule has 0 aliphatic heterocycles. The maximum atomic E-state index is 11.9. The minimum Gasteiger partial charge on any atom is -0.398 e. The monoisotopic (exact) mass is 407 g/mol. The van der Waals surface area contributed by atoms with Crippen molar-refractivity contribution in [2.24, 2.45) is 16.6 Å². The predicted octanol–water partition coefficient (Wildman–Crippen LogP) is 3.43. The molecule has 1 aliphatic carbocycles. The summed E-state index contributed by atoms with van der Waals surface area (Å²) in [5.41, 5.74) is 8.60. The topological polar surface area (TPSA) is 122 Å². The van der Waals surface area contributed by atoms with Crippen molar-refractivity contribution in [3.8, 4) is 0 Å². The highest BCUT2D eigenvalue weighted by atomic mass is 35.5. The van der Waals surface area contributed by atoms with Crippen molar-refractivity contribution in [3.63, 3.8) is 0 Å². The Hall–Kier alpha value is -3.52. The number of benzene rings is 1. The van der Waals surface area contributed by atoms with Crippen molar-refractivity contribution in [2.45, 2.75) is 12.8 Å². The lowest BCUT2D eigenvalue weighted by Gasteiger charge is -2.08. The number of hydrogen-bond acceptors (Lipinski definition) is 6. The molecule has 0 unspecified atom stereocenters. The van der Waals surface area contributed by atoms with Crippen LogP contribution in [0.25, 0.3) is 11.3 Å². The second kappa shape index (κ2) is 8.24. The number of nitrogens with one attached hydrogen (secondary N) is 2. The van der Waals surface area contributed by atoms with Crippen LogP contribution in [-0.2, 0) is 4.79 Å². The third-order valence-corrected chi connectivity index (χ3v) is 4.74. The number of allylic oxidation sites excluding steroid dienone is 1. The summed E-state index contributed by atoms with van der Waals surface area (Å²) in [4.78, 5) is 24.8. The Morgan fingerprint density at radius 3 is 2.83 bits per heavy atom. The molecule has 29 heavy (non-hydrogen) atoms. The Balaban J connectivity index is 1.65. The number of aromatic nitrogens is 4. The zero-order valence-corrected chi connectivity index (χ0v) is 16.1. The molecule has 3 aromatic rings. The predicted molar refractivity (Wildman–Crippen MR) is 113 cm³/mol. The Morgan fingerprint density at radius 1 is 1.28 bits per heavy atom. The van der Waals surface area contributed by atoms with Crippen LogP contribution in [0.3, 0.4) is 0 Å². The Morgan fingerprint density at radius 2 is 2.10 bits per heavy atom. The molecule has 2 heterocycles. The SMILES string of the molecule is NC(=C(C=Nc1ccnc(NC(=O)C2CC2)c1)c1ncn[nH]1)c1ccccc1Cl. The highest BCUT2D eigenvalue weighted by molar-refractivity contribution is 6.33. The zero-order valence-electron chi connectivity index (χ0n) is 15.3. The number of H-pyrrole nitrogens is 1. The fraction of sp³-hybridized carbons (Fsp3) is 0.150. The molecule has 4 rings (SSSR count). The standard InChI is InChI=1S/C20H18ClN7O/c21-16-4-2-1-3-14(16)18(22)15(19-25-11-26-28-19)10-24-13-7-8-23-17(9-13)27-20(29)12-5-6-12/h1-4,7-12H,5-6,22H2,(H,23,27,29)(H,25,26,28). The maximum absolute atomic E-state index is 11.9. The van der Waals surface area contributed by atoms with E-state index in [2.05, 4.69) is 30.5 Å². The first-order valence-corrected chi connectivity index (χ1v) is 9.41. The second-order valence-corrected chi connectivity index (χ2v) is 6.97. The minimum absolute atomic E-state index is 0.0103. The first kappa shape index (κ1) is 18.8. The number of hydrogen-bond donors (Lipinski definition) is 3. The third kappa shape index (κ3) is 4.49. The lowest BCUT2D eigenvalue weighted by molar-refractivity contribution is -0.117. The number of carbonyl (C=O) groups is 1. The number of anilines is 1. The van der Waals surface area contributed by atoms with Crippen LogP contribution in [0, 0.1) is 5.92 Å². The summed E-state index contributed by atoms with van der Waals surface area (Å²) in [6, 6.07) is 10.7. The second-order valence-electron chi connectivity index (χ2n) is 6.56. The summed E-state index contributed by atoms with van der Waals surface area (Å²) < 4.78 is 0. The van der Waals surface area contributed by atoms with Crippen molar-refractivity contribution in [1.82, 2.24) is 20.2 Å². The van der Waals surface area contributed by atoms with E-state index in [0.717, 1.165) is 12.8 Å². The van der Waals surface area contributed by atoms with Gasteiger partial charge in [0.2, 0.25) is 5.91 Å². The molecule has 2 aromatic heterocycles. The molecule has 1 aliphatic rings. The molecular formula is C20H18ClN7O. The van der Waals surface area contributed by atoms with Crippen LogP contribution in [0.5, 0.6) is 0 Å². The number of halogens is 1. The van der Waals surface area contributed by atoms with Crippen LogP contribution in [0.2, 0.25) is 5.02 Å². The van der Waals surface area contributed by atoms with Crippen molar-refractivity contribution in [3.05, 3.63) is 65.3 Å². The van der Waals surface area contributed by atoms with Gasteiger partial charge in [0.05, 0.1) is 17.0 Å². The van der Waals surface area contributed by atoms with Crippen molar-refractivity contribution in [1.29, 1.82) is 0 Å². The summed E-state index contributed by atoms with van der Waals surface area (Å²) in [5.74, 6) is 1.01. The van der Waals surface area contributed by atoms with Crippen molar-refractivity contribution in [2.75, 3.05) is 5.32 Å². The van der Waals surface area contributed by atoms with Gasteiger partial charge in [-0.3, -0.25) is 14.9 Å². The number of nitrogens with two attached hydrogens (primary N) is 1. The largest absolute Gasteiger partial charge is 0.398 e. The fourth-order valence-electron chi connectivity index (χ4n) is 2.70. The highest BCUT2D eigenvalue weighted by Crippen LogP contribution is 2.30. The molecule has 1 fully saturated rings. The van der Waals surface area contributed by atoms with Crippen LogP contribution in [0.15, 0.2) is 53.9 Å². The summed E-state index contributed by atoms with van der Waals surface area (Å²) >= 11 is 6.29. The number of rotatable bonds is 6. The van der Waals surface area contributed by atoms with E-state index in [9.17, 15) is 4.79 Å². The lowest BCUT2D eigenvalue weighted by Crippen LogP contribution is -2.14. The molecule has 1 saturated carbocycles. The molecule has 1 aromatic carbocycles. The van der Waals surface area contributed by atoms with Gasteiger partial charge in [0.15, 0.2) is 5.82 Å². The van der Waals surface area contributed by atoms with E-state index in [1.807, 2.05) is 18.2 Å². The first-order valence-electron chi connectivity index (χ1n) is 9.03. The van der Waals surface area contributed by atoms with Crippen molar-refractivity contribution >= 4 is 46.5 Å². The van der Waals surface area contributed by atoms with Crippen LogP contribution < -0.4 is 11.1 Å². The molecule has 0 atom stereocenters. The highest BCUT2D eigenvalue weighted by Gasteiger charge is 2.29. The molecule has 8 nitrogen and oxygen atoms in total. The molecule has 0 radical (unpaired) electrons. The molecule has 1 amide bonds. The minimum atomic E-state index is -0.0103. The molecule has 0 bridgehead atoms. The quantitative estimate of drug-likeness (QED) is 0.540. The van der Waals surface area contributed by atoms with Crippen LogP contribution >= 0.6 is 11.6 Å². The van der Waals surface area contributed by atoms with Gasteiger partial charge in [-0.1, -0.05) is 29.8 Å². The third-order valence-electron chi connectivity index (χ3n) is 4.41. The molecule has 4 N–H and O–H groups in total. The average Bonchev–Trinajstić information content (AvgIpc) is 3.45. The van der Waals surface area contributed by atoms with Gasteiger partial charge in [0.25, 0.3) is 0 Å². The number of aliphatic imine (C=N–C) groups is 1. The van der Waals surface area contributed by atoms with Gasteiger partial charge < -0.3 is 11.1 Å². The van der Waals surface area contributed by atoms with Gasteiger partial charge in [-0.2, -0.15) is 5.10 Å². The van der Waals surface area contributed by atoms with Gasteiger partial charge in [0.1, 0.15) is 12.1 Å². The van der Waals surface area contributed by atoms with E-state index in [-0.39, 0.29) is 11.8 Å². The van der Waals surface area contributed by atoms with Gasteiger partial charge in [0, 0.05) is 35.0 Å². The van der Waals surface area contributed by atoms with Gasteiger partial charge in [-0.05, 0) is 25.0 Å². The number of amides is 1. The van der Waals surface area contributed by atoms with E-state index < -0.39 is 0 Å². The molecule has 0 saturated heterocycles. The van der Waals surface area contributed by atoms with Gasteiger partial charge in [-0.15, -0.1) is 0 Å². The molecule has 146 valence electrons. The number of aromatic amines is 1. The first-order chi connectivity index (χ1) is 14.1. The molecule has 0 spiro atoms. The van der Waals surface area contributed by atoms with Crippen LogP contribution in [0.4, 0.5) is 11.5 Å². The smallest absolute Gasteiger partial charge is 0.228 e. The average molecular weight is 408 g/mol. The summed E-state index contributed by atoms with van der Waals surface area (Å²) in [6.45, 7) is 0. The van der Waals surface area contributed by atoms with Crippen LogP contribution in [0.1, 0.15) is 24.2 Å². The van der Waals surface area contributed by atoms with Crippen molar-refractivity contribution < 1.29 is 4.79 Å². The summed E-state index contributed by atoms with van der Waals surface area (Å²) in [6.07, 6.45) is 6.42. The fourth-order valence-corrected chi connectivity index (χ4v) is 2.94. The van der Waals surface area contributed by atoms with Gasteiger partial charge >= 0.3 is 0 Å². The summed E-state index contributed by atoms with van der Waals surface area (Å²) in [7, 11) is 0. The van der Waals surface area contributed by atoms with E-state index in [1.54, 1.807) is 30.6 Å². The van der Waals surface area contributed by atoms with E-state index >= 15 is 0 Å². The van der Waals surface area contributed by atoms with Gasteiger partial charge in [-0.25, -0.2) is 9.97 Å². The van der Waals surface area contributed by atoms with Crippen LogP contribution in [-0.4, -0.2) is 32.3 Å². The Bertz CT molecular complexity index is 1090. The Labute approximate surface area is 171 Å². The normalized spacial score (nSPS) is 14.7. The molecule has 9 heteroatoms.